The normalized spacial score (nSPS) is 10.4. The van der Waals surface area contributed by atoms with E-state index in [2.05, 4.69) is 0 Å². The summed E-state index contributed by atoms with van der Waals surface area (Å²) >= 11 is 0. The molecule has 1 aromatic carbocycles. The highest BCUT2D eigenvalue weighted by Gasteiger charge is 2.10. The maximum Gasteiger partial charge on any atom is 0.223 e. The third-order valence-electron chi connectivity index (χ3n) is 2.96. The van der Waals surface area contributed by atoms with Gasteiger partial charge in [0.25, 0.3) is 0 Å². The largest absolute Gasteiger partial charge is 0.469 e. The van der Waals surface area contributed by atoms with Gasteiger partial charge in [-0.3, -0.25) is 4.79 Å². The van der Waals surface area contributed by atoms with E-state index in [1.54, 1.807) is 18.2 Å². The minimum atomic E-state index is 0.0961. The molecular formula is C15H18N2O2. The first kappa shape index (κ1) is 13.2. The van der Waals surface area contributed by atoms with Crippen LogP contribution in [-0.2, 0) is 17.8 Å². The van der Waals surface area contributed by atoms with E-state index in [0.29, 0.717) is 25.1 Å². The molecule has 0 fully saturated rings. The van der Waals surface area contributed by atoms with Crippen LogP contribution in [0.4, 0.5) is 5.69 Å². The van der Waals surface area contributed by atoms with Crippen LogP contribution in [0.2, 0.25) is 0 Å². The number of nitrogens with zero attached hydrogens (tertiary/aromatic N) is 1. The van der Waals surface area contributed by atoms with E-state index in [4.69, 9.17) is 10.2 Å². The molecule has 0 bridgehead atoms. The Balaban J connectivity index is 1.85. The Hall–Kier alpha value is -2.23. The van der Waals surface area contributed by atoms with Crippen LogP contribution in [0.3, 0.4) is 0 Å². The van der Waals surface area contributed by atoms with Crippen molar-refractivity contribution < 1.29 is 9.21 Å². The van der Waals surface area contributed by atoms with Gasteiger partial charge in [0.2, 0.25) is 5.91 Å². The Morgan fingerprint density at radius 1 is 1.32 bits per heavy atom. The summed E-state index contributed by atoms with van der Waals surface area (Å²) in [6.45, 7) is 0.571. The Kier molecular flexibility index (Phi) is 4.23. The molecule has 4 heteroatoms. The molecule has 0 aliphatic carbocycles. The summed E-state index contributed by atoms with van der Waals surface area (Å²) in [4.78, 5) is 13.7. The summed E-state index contributed by atoms with van der Waals surface area (Å²) in [5.41, 5.74) is 7.47. The molecule has 0 radical (unpaired) electrons. The second-order valence-electron chi connectivity index (χ2n) is 4.57. The van der Waals surface area contributed by atoms with E-state index >= 15 is 0 Å². The van der Waals surface area contributed by atoms with Crippen LogP contribution in [-0.4, -0.2) is 17.9 Å². The number of rotatable bonds is 5. The number of carbonyl (C=O) groups excluding carboxylic acids is 1. The van der Waals surface area contributed by atoms with Gasteiger partial charge in [0.15, 0.2) is 0 Å². The fourth-order valence-electron chi connectivity index (χ4n) is 1.93. The Labute approximate surface area is 112 Å². The van der Waals surface area contributed by atoms with Crippen molar-refractivity contribution in [2.75, 3.05) is 12.8 Å². The molecule has 0 saturated heterocycles. The third kappa shape index (κ3) is 3.88. The van der Waals surface area contributed by atoms with Crippen molar-refractivity contribution in [2.24, 2.45) is 0 Å². The molecule has 1 amide bonds. The van der Waals surface area contributed by atoms with Gasteiger partial charge in [0.05, 0.1) is 6.26 Å². The van der Waals surface area contributed by atoms with Gasteiger partial charge in [-0.1, -0.05) is 12.1 Å². The number of amides is 1. The fraction of sp³-hybridized carbons (Fsp3) is 0.267. The van der Waals surface area contributed by atoms with E-state index < -0.39 is 0 Å². The van der Waals surface area contributed by atoms with Gasteiger partial charge in [-0.25, -0.2) is 0 Å². The molecule has 2 aromatic rings. The summed E-state index contributed by atoms with van der Waals surface area (Å²) in [7, 11) is 1.80. The third-order valence-corrected chi connectivity index (χ3v) is 2.96. The average Bonchev–Trinajstić information content (AvgIpc) is 2.89. The molecule has 2 rings (SSSR count). The van der Waals surface area contributed by atoms with Gasteiger partial charge in [-0.2, -0.15) is 0 Å². The maximum absolute atomic E-state index is 12.0. The SMILES string of the molecule is CN(Cc1cccc(N)c1)C(=O)CCc1ccco1. The summed E-state index contributed by atoms with van der Waals surface area (Å²) in [5.74, 6) is 0.935. The number of benzene rings is 1. The Morgan fingerprint density at radius 2 is 2.16 bits per heavy atom. The maximum atomic E-state index is 12.0. The topological polar surface area (TPSA) is 59.5 Å². The monoisotopic (exact) mass is 258 g/mol. The van der Waals surface area contributed by atoms with Crippen LogP contribution in [0.1, 0.15) is 17.7 Å². The summed E-state index contributed by atoms with van der Waals surface area (Å²) < 4.78 is 5.21. The van der Waals surface area contributed by atoms with Crippen LogP contribution >= 0.6 is 0 Å². The quantitative estimate of drug-likeness (QED) is 0.838. The Morgan fingerprint density at radius 3 is 2.84 bits per heavy atom. The van der Waals surface area contributed by atoms with Gasteiger partial charge < -0.3 is 15.1 Å². The molecular weight excluding hydrogens is 240 g/mol. The van der Waals surface area contributed by atoms with Crippen molar-refractivity contribution in [2.45, 2.75) is 19.4 Å². The summed E-state index contributed by atoms with van der Waals surface area (Å²) in [6.07, 6.45) is 2.70. The number of furan rings is 1. The van der Waals surface area contributed by atoms with Crippen molar-refractivity contribution in [3.8, 4) is 0 Å². The van der Waals surface area contributed by atoms with Gasteiger partial charge in [-0.05, 0) is 29.8 Å². The molecule has 1 aromatic heterocycles. The number of hydrogen-bond donors (Lipinski definition) is 1. The zero-order valence-corrected chi connectivity index (χ0v) is 11.0. The molecule has 4 nitrogen and oxygen atoms in total. The van der Waals surface area contributed by atoms with Gasteiger partial charge >= 0.3 is 0 Å². The molecule has 0 atom stereocenters. The number of nitrogen functional groups attached to an aromatic ring is 1. The van der Waals surface area contributed by atoms with Crippen molar-refractivity contribution in [1.82, 2.24) is 4.90 Å². The number of carbonyl (C=O) groups is 1. The molecule has 19 heavy (non-hydrogen) atoms. The van der Waals surface area contributed by atoms with Crippen LogP contribution in [0, 0.1) is 0 Å². The van der Waals surface area contributed by atoms with E-state index in [1.807, 2.05) is 36.4 Å². The van der Waals surface area contributed by atoms with Gasteiger partial charge in [0, 0.05) is 32.1 Å². The molecule has 2 N–H and O–H groups in total. The summed E-state index contributed by atoms with van der Waals surface area (Å²) in [5, 5.41) is 0. The summed E-state index contributed by atoms with van der Waals surface area (Å²) in [6, 6.07) is 11.3. The lowest BCUT2D eigenvalue weighted by Crippen LogP contribution is -2.26. The standard InChI is InChI=1S/C15H18N2O2/c1-17(11-12-4-2-5-13(16)10-12)15(18)8-7-14-6-3-9-19-14/h2-6,9-10H,7-8,11,16H2,1H3. The highest BCUT2D eigenvalue weighted by molar-refractivity contribution is 5.76. The predicted octanol–water partition coefficient (Wildman–Crippen LogP) is 2.45. The first-order valence-corrected chi connectivity index (χ1v) is 6.26. The van der Waals surface area contributed by atoms with Crippen molar-refractivity contribution in [1.29, 1.82) is 0 Å². The second kappa shape index (κ2) is 6.09. The lowest BCUT2D eigenvalue weighted by molar-refractivity contribution is -0.130. The molecule has 1 heterocycles. The first-order chi connectivity index (χ1) is 9.15. The number of aryl methyl sites for hydroxylation is 1. The highest BCUT2D eigenvalue weighted by atomic mass is 16.3. The highest BCUT2D eigenvalue weighted by Crippen LogP contribution is 2.10. The van der Waals surface area contributed by atoms with Crippen LogP contribution < -0.4 is 5.73 Å². The van der Waals surface area contributed by atoms with E-state index in [1.165, 1.54) is 0 Å². The lowest BCUT2D eigenvalue weighted by atomic mass is 10.2. The molecule has 0 spiro atoms. The fourth-order valence-corrected chi connectivity index (χ4v) is 1.93. The zero-order valence-electron chi connectivity index (χ0n) is 11.0. The zero-order chi connectivity index (χ0) is 13.7. The van der Waals surface area contributed by atoms with Crippen molar-refractivity contribution >= 4 is 11.6 Å². The van der Waals surface area contributed by atoms with Gasteiger partial charge in [-0.15, -0.1) is 0 Å². The van der Waals surface area contributed by atoms with Crippen molar-refractivity contribution in [3.05, 3.63) is 54.0 Å². The Bertz CT molecular complexity index is 535. The number of nitrogens with two attached hydrogens (primary N) is 1. The van der Waals surface area contributed by atoms with E-state index in [0.717, 1.165) is 11.3 Å². The predicted molar refractivity (Wildman–Crippen MR) is 74.4 cm³/mol. The second-order valence-corrected chi connectivity index (χ2v) is 4.57. The molecule has 100 valence electrons. The van der Waals surface area contributed by atoms with Crippen LogP contribution in [0.5, 0.6) is 0 Å². The molecule has 0 unspecified atom stereocenters. The molecule has 0 aliphatic rings. The minimum Gasteiger partial charge on any atom is -0.469 e. The number of hydrogen-bond acceptors (Lipinski definition) is 3. The average molecular weight is 258 g/mol. The van der Waals surface area contributed by atoms with Gasteiger partial charge in [0.1, 0.15) is 5.76 Å². The minimum absolute atomic E-state index is 0.0961. The first-order valence-electron chi connectivity index (χ1n) is 6.26. The van der Waals surface area contributed by atoms with Crippen LogP contribution in [0.15, 0.2) is 47.1 Å². The van der Waals surface area contributed by atoms with Crippen molar-refractivity contribution in [3.63, 3.8) is 0 Å². The van der Waals surface area contributed by atoms with Crippen LogP contribution in [0.25, 0.3) is 0 Å². The molecule has 0 aliphatic heterocycles. The number of anilines is 1. The lowest BCUT2D eigenvalue weighted by Gasteiger charge is -2.17. The van der Waals surface area contributed by atoms with E-state index in [-0.39, 0.29) is 5.91 Å². The molecule has 0 saturated carbocycles. The van der Waals surface area contributed by atoms with E-state index in [9.17, 15) is 4.79 Å². The smallest absolute Gasteiger partial charge is 0.223 e.